The van der Waals surface area contributed by atoms with Crippen molar-refractivity contribution in [3.05, 3.63) is 0 Å². The summed E-state index contributed by atoms with van der Waals surface area (Å²) in [6.45, 7) is 9.90. The third-order valence-corrected chi connectivity index (χ3v) is 2.09. The number of methoxy groups -OCH3 is 1. The molecule has 0 spiro atoms. The molecule has 0 rings (SSSR count). The Morgan fingerprint density at radius 1 is 1.30 bits per heavy atom. The van der Waals surface area contributed by atoms with Crippen molar-refractivity contribution in [1.29, 1.82) is 0 Å². The monoisotopic (exact) mass is 144 g/mol. The van der Waals surface area contributed by atoms with Crippen LogP contribution in [0.25, 0.3) is 0 Å². The molecule has 0 amide bonds. The average Bonchev–Trinajstić information content (AvgIpc) is 1.80. The minimum absolute atomic E-state index is 0.394. The second-order valence-electron chi connectivity index (χ2n) is 3.93. The van der Waals surface area contributed by atoms with E-state index in [0.29, 0.717) is 11.3 Å². The average molecular weight is 144 g/mol. The lowest BCUT2D eigenvalue weighted by molar-refractivity contribution is 0.0877. The fraction of sp³-hybridized carbons (Fsp3) is 1.00. The minimum atomic E-state index is 0.394. The van der Waals surface area contributed by atoms with E-state index in [9.17, 15) is 0 Å². The Labute approximate surface area is 64.8 Å². The van der Waals surface area contributed by atoms with Gasteiger partial charge in [-0.05, 0) is 11.3 Å². The zero-order valence-electron chi connectivity index (χ0n) is 7.90. The van der Waals surface area contributed by atoms with Crippen LogP contribution in [-0.4, -0.2) is 13.7 Å². The van der Waals surface area contributed by atoms with E-state index in [1.165, 1.54) is 6.42 Å². The Morgan fingerprint density at radius 3 is 1.90 bits per heavy atom. The van der Waals surface area contributed by atoms with Gasteiger partial charge in [0.25, 0.3) is 0 Å². The molecule has 1 heteroatoms. The quantitative estimate of drug-likeness (QED) is 0.591. The van der Waals surface area contributed by atoms with Crippen molar-refractivity contribution in [1.82, 2.24) is 0 Å². The number of hydrogen-bond acceptors (Lipinski definition) is 1. The van der Waals surface area contributed by atoms with Crippen LogP contribution in [0.2, 0.25) is 0 Å². The predicted molar refractivity (Wildman–Crippen MR) is 45.1 cm³/mol. The summed E-state index contributed by atoms with van der Waals surface area (Å²) in [6.07, 6.45) is 1.21. The van der Waals surface area contributed by atoms with Crippen LogP contribution < -0.4 is 0 Å². The molecule has 0 unspecified atom stereocenters. The normalized spacial score (nSPS) is 15.3. The molecule has 0 heterocycles. The molecule has 0 saturated heterocycles. The van der Waals surface area contributed by atoms with Gasteiger partial charge in [0.1, 0.15) is 0 Å². The zero-order chi connectivity index (χ0) is 8.20. The van der Waals surface area contributed by atoms with E-state index in [1.54, 1.807) is 7.11 Å². The van der Waals surface area contributed by atoms with Gasteiger partial charge in [-0.3, -0.25) is 0 Å². The molecular formula is C9H20O. The summed E-state index contributed by atoms with van der Waals surface area (Å²) in [5, 5.41) is 0. The predicted octanol–water partition coefficient (Wildman–Crippen LogP) is 2.71. The lowest BCUT2D eigenvalue weighted by Crippen LogP contribution is -2.23. The fourth-order valence-corrected chi connectivity index (χ4v) is 1.18. The molecule has 10 heavy (non-hydrogen) atoms. The Bertz CT molecular complexity index is 81.2. The first-order chi connectivity index (χ1) is 4.52. The molecule has 1 atom stereocenters. The summed E-state index contributed by atoms with van der Waals surface area (Å²) < 4.78 is 5.12. The minimum Gasteiger partial charge on any atom is -0.384 e. The fourth-order valence-electron chi connectivity index (χ4n) is 1.18. The van der Waals surface area contributed by atoms with Crippen molar-refractivity contribution in [2.24, 2.45) is 11.3 Å². The van der Waals surface area contributed by atoms with E-state index in [4.69, 9.17) is 4.74 Å². The second kappa shape index (κ2) is 3.97. The molecule has 0 aliphatic heterocycles. The first kappa shape index (κ1) is 9.96. The van der Waals surface area contributed by atoms with Crippen LogP contribution in [0.15, 0.2) is 0 Å². The Kier molecular flexibility index (Phi) is 3.95. The molecule has 0 N–H and O–H groups in total. The third-order valence-electron chi connectivity index (χ3n) is 2.09. The molecule has 0 radical (unpaired) electrons. The lowest BCUT2D eigenvalue weighted by atomic mass is 9.80. The van der Waals surface area contributed by atoms with Gasteiger partial charge >= 0.3 is 0 Å². The summed E-state index contributed by atoms with van der Waals surface area (Å²) in [4.78, 5) is 0. The standard InChI is InChI=1S/C9H20O/c1-6-8(7-10-5)9(2,3)4/h8H,6-7H2,1-5H3/t8-/m0/s1. The van der Waals surface area contributed by atoms with Gasteiger partial charge in [-0.2, -0.15) is 0 Å². The van der Waals surface area contributed by atoms with Crippen molar-refractivity contribution in [2.45, 2.75) is 34.1 Å². The highest BCUT2D eigenvalue weighted by Gasteiger charge is 2.21. The van der Waals surface area contributed by atoms with Gasteiger partial charge in [-0.15, -0.1) is 0 Å². The van der Waals surface area contributed by atoms with Gasteiger partial charge in [0, 0.05) is 13.7 Å². The summed E-state index contributed by atoms with van der Waals surface area (Å²) in [7, 11) is 1.77. The maximum Gasteiger partial charge on any atom is 0.0495 e. The van der Waals surface area contributed by atoms with Crippen LogP contribution >= 0.6 is 0 Å². The molecule has 62 valence electrons. The van der Waals surface area contributed by atoms with Crippen LogP contribution in [0.3, 0.4) is 0 Å². The number of hydrogen-bond donors (Lipinski definition) is 0. The van der Waals surface area contributed by atoms with Gasteiger partial charge < -0.3 is 4.74 Å². The molecule has 0 bridgehead atoms. The van der Waals surface area contributed by atoms with Gasteiger partial charge in [-0.1, -0.05) is 34.1 Å². The maximum atomic E-state index is 5.12. The number of rotatable bonds is 3. The van der Waals surface area contributed by atoms with E-state index in [-0.39, 0.29) is 0 Å². The smallest absolute Gasteiger partial charge is 0.0495 e. The SMILES string of the molecule is CC[C@@H](COC)C(C)(C)C. The van der Waals surface area contributed by atoms with Crippen LogP contribution in [0.4, 0.5) is 0 Å². The molecule has 0 aromatic heterocycles. The largest absolute Gasteiger partial charge is 0.384 e. The van der Waals surface area contributed by atoms with Gasteiger partial charge in [0.2, 0.25) is 0 Å². The van der Waals surface area contributed by atoms with Crippen molar-refractivity contribution in [3.8, 4) is 0 Å². The molecule has 1 nitrogen and oxygen atoms in total. The summed E-state index contributed by atoms with van der Waals surface area (Å²) in [5.74, 6) is 0.692. The molecule has 0 aliphatic rings. The first-order valence-electron chi connectivity index (χ1n) is 4.01. The summed E-state index contributed by atoms with van der Waals surface area (Å²) in [5.41, 5.74) is 0.394. The highest BCUT2D eigenvalue weighted by molar-refractivity contribution is 4.71. The van der Waals surface area contributed by atoms with Crippen LogP contribution in [-0.2, 0) is 4.74 Å². The Balaban J connectivity index is 3.81. The topological polar surface area (TPSA) is 9.23 Å². The lowest BCUT2D eigenvalue weighted by Gasteiger charge is -2.28. The Hall–Kier alpha value is -0.0400. The van der Waals surface area contributed by atoms with Crippen LogP contribution in [0, 0.1) is 11.3 Å². The Morgan fingerprint density at radius 2 is 1.80 bits per heavy atom. The van der Waals surface area contributed by atoms with Gasteiger partial charge in [-0.25, -0.2) is 0 Å². The van der Waals surface area contributed by atoms with E-state index in [0.717, 1.165) is 6.61 Å². The van der Waals surface area contributed by atoms with Crippen molar-refractivity contribution < 1.29 is 4.74 Å². The van der Waals surface area contributed by atoms with Gasteiger partial charge in [0.15, 0.2) is 0 Å². The van der Waals surface area contributed by atoms with E-state index in [2.05, 4.69) is 27.7 Å². The highest BCUT2D eigenvalue weighted by atomic mass is 16.5. The first-order valence-corrected chi connectivity index (χ1v) is 4.01. The molecule has 0 aromatic carbocycles. The van der Waals surface area contributed by atoms with Crippen molar-refractivity contribution >= 4 is 0 Å². The molecule has 0 saturated carbocycles. The molecule has 0 fully saturated rings. The second-order valence-corrected chi connectivity index (χ2v) is 3.93. The summed E-state index contributed by atoms with van der Waals surface area (Å²) >= 11 is 0. The molecule has 0 aromatic rings. The van der Waals surface area contributed by atoms with Crippen LogP contribution in [0.1, 0.15) is 34.1 Å². The maximum absolute atomic E-state index is 5.12. The van der Waals surface area contributed by atoms with Crippen LogP contribution in [0.5, 0.6) is 0 Å². The highest BCUT2D eigenvalue weighted by Crippen LogP contribution is 2.28. The molecule has 0 aliphatic carbocycles. The van der Waals surface area contributed by atoms with E-state index < -0.39 is 0 Å². The van der Waals surface area contributed by atoms with Crippen molar-refractivity contribution in [3.63, 3.8) is 0 Å². The van der Waals surface area contributed by atoms with Gasteiger partial charge in [0.05, 0.1) is 0 Å². The summed E-state index contributed by atoms with van der Waals surface area (Å²) in [6, 6.07) is 0. The van der Waals surface area contributed by atoms with E-state index >= 15 is 0 Å². The van der Waals surface area contributed by atoms with E-state index in [1.807, 2.05) is 0 Å². The third kappa shape index (κ3) is 3.21. The number of ether oxygens (including phenoxy) is 1. The van der Waals surface area contributed by atoms with Crippen molar-refractivity contribution in [2.75, 3.05) is 13.7 Å². The zero-order valence-corrected chi connectivity index (χ0v) is 7.90. The molecular weight excluding hydrogens is 124 g/mol.